The van der Waals surface area contributed by atoms with Crippen LogP contribution in [-0.4, -0.2) is 20.1 Å². The maximum atomic E-state index is 9.79. The average Bonchev–Trinajstić information content (AvgIpc) is 2.28. The monoisotopic (exact) mass is 230 g/mol. The molecular weight excluding hydrogens is 216 g/mol. The van der Waals surface area contributed by atoms with Crippen LogP contribution < -0.4 is 5.73 Å². The molecule has 0 radical (unpaired) electrons. The second-order valence-corrected chi connectivity index (χ2v) is 4.29. The van der Waals surface area contributed by atoms with Gasteiger partial charge in [-0.15, -0.1) is 0 Å². The van der Waals surface area contributed by atoms with Crippen molar-refractivity contribution < 1.29 is 5.11 Å². The highest BCUT2D eigenvalue weighted by Gasteiger charge is 2.17. The van der Waals surface area contributed by atoms with E-state index in [4.69, 9.17) is 5.73 Å². The fourth-order valence-corrected chi connectivity index (χ4v) is 1.44. The van der Waals surface area contributed by atoms with Crippen LogP contribution in [0.4, 0.5) is 5.95 Å². The number of pyridine rings is 1. The van der Waals surface area contributed by atoms with Crippen LogP contribution in [0.1, 0.15) is 19.5 Å². The molecule has 0 aliphatic carbocycles. The molecule has 0 bridgehead atoms. The first-order chi connectivity index (χ1) is 7.97. The Balaban J connectivity index is 2.36. The van der Waals surface area contributed by atoms with Crippen LogP contribution in [0.25, 0.3) is 11.3 Å². The van der Waals surface area contributed by atoms with Crippen molar-refractivity contribution in [3.8, 4) is 11.3 Å². The minimum absolute atomic E-state index is 0.231. The second kappa shape index (κ2) is 4.10. The van der Waals surface area contributed by atoms with E-state index in [2.05, 4.69) is 15.0 Å². The minimum atomic E-state index is -0.941. The van der Waals surface area contributed by atoms with Crippen molar-refractivity contribution in [3.63, 3.8) is 0 Å². The summed E-state index contributed by atoms with van der Waals surface area (Å²) >= 11 is 0. The van der Waals surface area contributed by atoms with Gasteiger partial charge in [-0.2, -0.15) is 0 Å². The fraction of sp³-hybridized carbons (Fsp3) is 0.250. The smallest absolute Gasteiger partial charge is 0.220 e. The lowest BCUT2D eigenvalue weighted by molar-refractivity contribution is 0.0739. The summed E-state index contributed by atoms with van der Waals surface area (Å²) < 4.78 is 0. The third-order valence-electron chi connectivity index (χ3n) is 2.36. The first kappa shape index (κ1) is 11.5. The van der Waals surface area contributed by atoms with E-state index in [9.17, 15) is 5.11 Å². The lowest BCUT2D eigenvalue weighted by Crippen LogP contribution is -2.17. The number of hydrogen-bond donors (Lipinski definition) is 2. The minimum Gasteiger partial charge on any atom is -0.384 e. The Morgan fingerprint density at radius 3 is 2.47 bits per heavy atom. The van der Waals surface area contributed by atoms with Crippen molar-refractivity contribution in [1.82, 2.24) is 15.0 Å². The molecule has 0 saturated heterocycles. The Kier molecular flexibility index (Phi) is 2.77. The first-order valence-electron chi connectivity index (χ1n) is 5.24. The molecule has 0 spiro atoms. The van der Waals surface area contributed by atoms with Gasteiger partial charge in [0, 0.05) is 18.0 Å². The van der Waals surface area contributed by atoms with Crippen LogP contribution in [0, 0.1) is 0 Å². The number of nitrogens with zero attached hydrogens (tertiary/aromatic N) is 3. The summed E-state index contributed by atoms with van der Waals surface area (Å²) in [6.07, 6.45) is 3.26. The number of anilines is 1. The van der Waals surface area contributed by atoms with E-state index in [0.717, 1.165) is 5.56 Å². The molecule has 2 aromatic rings. The van der Waals surface area contributed by atoms with Crippen molar-refractivity contribution in [2.24, 2.45) is 0 Å². The van der Waals surface area contributed by atoms with Crippen molar-refractivity contribution >= 4 is 5.95 Å². The van der Waals surface area contributed by atoms with Gasteiger partial charge in [0.05, 0.1) is 11.4 Å². The molecule has 3 N–H and O–H groups in total. The summed E-state index contributed by atoms with van der Waals surface area (Å²) in [5.41, 5.74) is 6.74. The molecular formula is C12H14N4O. The van der Waals surface area contributed by atoms with Crippen LogP contribution in [0.3, 0.4) is 0 Å². The normalized spacial score (nSPS) is 11.5. The predicted octanol–water partition coefficient (Wildman–Crippen LogP) is 1.35. The Hall–Kier alpha value is -2.01. The Bertz CT molecular complexity index is 517. The van der Waals surface area contributed by atoms with E-state index >= 15 is 0 Å². The van der Waals surface area contributed by atoms with E-state index in [1.165, 1.54) is 0 Å². The van der Waals surface area contributed by atoms with Gasteiger partial charge >= 0.3 is 0 Å². The van der Waals surface area contributed by atoms with Crippen molar-refractivity contribution in [2.45, 2.75) is 19.4 Å². The molecule has 0 aliphatic rings. The summed E-state index contributed by atoms with van der Waals surface area (Å²) in [4.78, 5) is 12.1. The zero-order valence-electron chi connectivity index (χ0n) is 9.75. The number of nitrogens with two attached hydrogens (primary N) is 1. The SMILES string of the molecule is CC(C)(O)c1ccc(-c2ccnc(N)n2)cn1. The molecule has 2 heterocycles. The zero-order valence-corrected chi connectivity index (χ0v) is 9.75. The van der Waals surface area contributed by atoms with E-state index in [1.54, 1.807) is 38.4 Å². The predicted molar refractivity (Wildman–Crippen MR) is 64.9 cm³/mol. The third-order valence-corrected chi connectivity index (χ3v) is 2.36. The van der Waals surface area contributed by atoms with E-state index in [0.29, 0.717) is 11.4 Å². The van der Waals surface area contributed by atoms with Gasteiger partial charge in [0.15, 0.2) is 0 Å². The Morgan fingerprint density at radius 1 is 1.18 bits per heavy atom. The van der Waals surface area contributed by atoms with Gasteiger partial charge < -0.3 is 10.8 Å². The van der Waals surface area contributed by atoms with Crippen LogP contribution in [0.15, 0.2) is 30.6 Å². The molecule has 2 rings (SSSR count). The summed E-state index contributed by atoms with van der Waals surface area (Å²) in [5, 5.41) is 9.79. The van der Waals surface area contributed by atoms with Gasteiger partial charge in [0.25, 0.3) is 0 Å². The van der Waals surface area contributed by atoms with Gasteiger partial charge in [-0.25, -0.2) is 9.97 Å². The Labute approximate surface area is 99.4 Å². The maximum Gasteiger partial charge on any atom is 0.220 e. The molecule has 0 fully saturated rings. The molecule has 0 aliphatic heterocycles. The third kappa shape index (κ3) is 2.57. The molecule has 88 valence electrons. The van der Waals surface area contributed by atoms with Crippen LogP contribution in [0.5, 0.6) is 0 Å². The number of aromatic nitrogens is 3. The number of aliphatic hydroxyl groups is 1. The highest BCUT2D eigenvalue weighted by Crippen LogP contribution is 2.21. The van der Waals surface area contributed by atoms with E-state index in [1.807, 2.05) is 6.07 Å². The molecule has 5 nitrogen and oxygen atoms in total. The maximum absolute atomic E-state index is 9.79. The van der Waals surface area contributed by atoms with Crippen molar-refractivity contribution in [2.75, 3.05) is 5.73 Å². The van der Waals surface area contributed by atoms with E-state index < -0.39 is 5.60 Å². The molecule has 17 heavy (non-hydrogen) atoms. The average molecular weight is 230 g/mol. The highest BCUT2D eigenvalue weighted by atomic mass is 16.3. The highest BCUT2D eigenvalue weighted by molar-refractivity contribution is 5.58. The molecule has 5 heteroatoms. The van der Waals surface area contributed by atoms with Crippen LogP contribution in [0.2, 0.25) is 0 Å². The molecule has 0 saturated carbocycles. The quantitative estimate of drug-likeness (QED) is 0.813. The molecule has 2 aromatic heterocycles. The zero-order chi connectivity index (χ0) is 12.5. The summed E-state index contributed by atoms with van der Waals surface area (Å²) in [5.74, 6) is 0.231. The molecule has 0 unspecified atom stereocenters. The standard InChI is InChI=1S/C12H14N4O/c1-12(2,17)10-4-3-8(7-15-10)9-5-6-14-11(13)16-9/h3-7,17H,1-2H3,(H2,13,14,16). The molecule has 0 atom stereocenters. The van der Waals surface area contributed by atoms with Crippen LogP contribution >= 0.6 is 0 Å². The summed E-state index contributed by atoms with van der Waals surface area (Å²) in [6, 6.07) is 5.38. The topological polar surface area (TPSA) is 84.9 Å². The van der Waals surface area contributed by atoms with Crippen LogP contribution in [-0.2, 0) is 5.60 Å². The number of hydrogen-bond acceptors (Lipinski definition) is 5. The molecule has 0 amide bonds. The van der Waals surface area contributed by atoms with Gasteiger partial charge in [-0.05, 0) is 32.0 Å². The second-order valence-electron chi connectivity index (χ2n) is 4.29. The lowest BCUT2D eigenvalue weighted by atomic mass is 10.0. The van der Waals surface area contributed by atoms with Gasteiger partial charge in [0.1, 0.15) is 5.60 Å². The first-order valence-corrected chi connectivity index (χ1v) is 5.24. The van der Waals surface area contributed by atoms with Crippen molar-refractivity contribution in [1.29, 1.82) is 0 Å². The van der Waals surface area contributed by atoms with Crippen molar-refractivity contribution in [3.05, 3.63) is 36.3 Å². The fourth-order valence-electron chi connectivity index (χ4n) is 1.44. The van der Waals surface area contributed by atoms with Gasteiger partial charge in [-0.3, -0.25) is 4.98 Å². The van der Waals surface area contributed by atoms with Gasteiger partial charge in [-0.1, -0.05) is 0 Å². The largest absolute Gasteiger partial charge is 0.384 e. The molecule has 0 aromatic carbocycles. The number of nitrogen functional groups attached to an aromatic ring is 1. The van der Waals surface area contributed by atoms with E-state index in [-0.39, 0.29) is 5.95 Å². The Morgan fingerprint density at radius 2 is 1.94 bits per heavy atom. The number of rotatable bonds is 2. The van der Waals surface area contributed by atoms with Gasteiger partial charge in [0.2, 0.25) is 5.95 Å². The summed E-state index contributed by atoms with van der Waals surface area (Å²) in [6.45, 7) is 3.38. The lowest BCUT2D eigenvalue weighted by Gasteiger charge is -2.16. The summed E-state index contributed by atoms with van der Waals surface area (Å²) in [7, 11) is 0.